The molecule has 1 saturated heterocycles. The lowest BCUT2D eigenvalue weighted by Crippen LogP contribution is -3.13. The number of quaternary nitrogens is 1. The number of piperazine rings is 1. The van der Waals surface area contributed by atoms with Crippen LogP contribution in [0.15, 0.2) is 42.5 Å². The molecule has 0 unspecified atom stereocenters. The van der Waals surface area contributed by atoms with Gasteiger partial charge in [-0.2, -0.15) is 0 Å². The predicted octanol–water partition coefficient (Wildman–Crippen LogP) is 2.72. The van der Waals surface area contributed by atoms with E-state index in [-0.39, 0.29) is 11.8 Å². The Morgan fingerprint density at radius 3 is 2.72 bits per heavy atom. The Morgan fingerprint density at radius 2 is 2.00 bits per heavy atom. The minimum atomic E-state index is -0.202. The Labute approximate surface area is 152 Å². The Balaban J connectivity index is 1.53. The number of hydrogen-bond donors (Lipinski definition) is 2. The molecule has 1 aliphatic rings. The van der Waals surface area contributed by atoms with Gasteiger partial charge in [0.2, 0.25) is 0 Å². The largest absolute Gasteiger partial charge is 0.328 e. The van der Waals surface area contributed by atoms with E-state index in [1.165, 1.54) is 11.0 Å². The number of rotatable bonds is 3. The highest BCUT2D eigenvalue weighted by molar-refractivity contribution is 6.31. The summed E-state index contributed by atoms with van der Waals surface area (Å²) in [5, 5.41) is 3.54. The highest BCUT2D eigenvalue weighted by atomic mass is 35.5. The summed E-state index contributed by atoms with van der Waals surface area (Å²) in [5.41, 5.74) is 2.71. The number of benzene rings is 2. The standard InChI is InChI=1S/C19H21ClFN3O/c1-14-5-6-16(20)12-18(14)22-19(25)24-9-7-23(8-10-24)13-15-3-2-4-17(21)11-15/h2-6,11-12H,7-10,13H2,1H3,(H,22,25)/p+1. The monoisotopic (exact) mass is 362 g/mol. The van der Waals surface area contributed by atoms with Crippen LogP contribution in [0.4, 0.5) is 14.9 Å². The molecule has 25 heavy (non-hydrogen) atoms. The molecule has 2 amide bonds. The van der Waals surface area contributed by atoms with Crippen molar-refractivity contribution in [1.29, 1.82) is 0 Å². The average Bonchev–Trinajstić information content (AvgIpc) is 2.59. The molecule has 1 fully saturated rings. The molecule has 0 atom stereocenters. The molecule has 3 rings (SSSR count). The second-order valence-corrected chi connectivity index (χ2v) is 6.87. The lowest BCUT2D eigenvalue weighted by Gasteiger charge is -2.32. The molecule has 0 aliphatic carbocycles. The summed E-state index contributed by atoms with van der Waals surface area (Å²) in [4.78, 5) is 15.6. The first-order chi connectivity index (χ1) is 12.0. The van der Waals surface area contributed by atoms with Gasteiger partial charge in [-0.3, -0.25) is 0 Å². The number of carbonyl (C=O) groups is 1. The van der Waals surface area contributed by atoms with Crippen LogP contribution in [-0.2, 0) is 6.54 Å². The molecule has 4 nitrogen and oxygen atoms in total. The second kappa shape index (κ2) is 7.85. The van der Waals surface area contributed by atoms with E-state index in [1.807, 2.05) is 24.0 Å². The maximum Gasteiger partial charge on any atom is 0.322 e. The minimum Gasteiger partial charge on any atom is -0.328 e. The first-order valence-electron chi connectivity index (χ1n) is 8.41. The van der Waals surface area contributed by atoms with Crippen molar-refractivity contribution in [2.45, 2.75) is 13.5 Å². The van der Waals surface area contributed by atoms with Gasteiger partial charge >= 0.3 is 6.03 Å². The Kier molecular flexibility index (Phi) is 5.56. The van der Waals surface area contributed by atoms with Crippen LogP contribution in [0.5, 0.6) is 0 Å². The van der Waals surface area contributed by atoms with Crippen LogP contribution < -0.4 is 10.2 Å². The summed E-state index contributed by atoms with van der Waals surface area (Å²) in [7, 11) is 0. The lowest BCUT2D eigenvalue weighted by molar-refractivity contribution is -0.917. The van der Waals surface area contributed by atoms with Crippen molar-refractivity contribution >= 4 is 23.3 Å². The molecule has 132 valence electrons. The van der Waals surface area contributed by atoms with Gasteiger partial charge in [0.25, 0.3) is 0 Å². The van der Waals surface area contributed by atoms with E-state index in [1.54, 1.807) is 24.3 Å². The number of halogens is 2. The van der Waals surface area contributed by atoms with Crippen LogP contribution >= 0.6 is 11.6 Å². The lowest BCUT2D eigenvalue weighted by atomic mass is 10.2. The van der Waals surface area contributed by atoms with Crippen LogP contribution in [0.25, 0.3) is 0 Å². The van der Waals surface area contributed by atoms with Gasteiger partial charge in [0.1, 0.15) is 12.4 Å². The number of hydrogen-bond acceptors (Lipinski definition) is 1. The summed E-state index contributed by atoms with van der Waals surface area (Å²) in [6, 6.07) is 12.1. The highest BCUT2D eigenvalue weighted by Gasteiger charge is 2.24. The van der Waals surface area contributed by atoms with Crippen LogP contribution in [0.3, 0.4) is 0 Å². The van der Waals surface area contributed by atoms with Gasteiger partial charge in [-0.05, 0) is 36.8 Å². The van der Waals surface area contributed by atoms with Crippen molar-refractivity contribution in [3.8, 4) is 0 Å². The smallest absolute Gasteiger partial charge is 0.322 e. The molecule has 0 aromatic heterocycles. The summed E-state index contributed by atoms with van der Waals surface area (Å²) in [5.74, 6) is -0.202. The van der Waals surface area contributed by atoms with Gasteiger partial charge in [-0.15, -0.1) is 0 Å². The van der Waals surface area contributed by atoms with E-state index in [0.29, 0.717) is 18.1 Å². The summed E-state index contributed by atoms with van der Waals surface area (Å²) >= 11 is 6.00. The third kappa shape index (κ3) is 4.71. The third-order valence-electron chi connectivity index (χ3n) is 4.54. The number of anilines is 1. The molecule has 1 aliphatic heterocycles. The fourth-order valence-electron chi connectivity index (χ4n) is 3.06. The van der Waals surface area contributed by atoms with E-state index < -0.39 is 0 Å². The van der Waals surface area contributed by atoms with E-state index in [9.17, 15) is 9.18 Å². The molecule has 2 aromatic rings. The molecule has 0 spiro atoms. The highest BCUT2D eigenvalue weighted by Crippen LogP contribution is 2.20. The number of amides is 2. The molecule has 6 heteroatoms. The molecule has 0 radical (unpaired) electrons. The Bertz CT molecular complexity index is 760. The van der Waals surface area contributed by atoms with Crippen LogP contribution in [0, 0.1) is 12.7 Å². The number of aryl methyl sites for hydroxylation is 1. The summed E-state index contributed by atoms with van der Waals surface area (Å²) in [6.07, 6.45) is 0. The van der Waals surface area contributed by atoms with E-state index in [0.717, 1.165) is 36.4 Å². The third-order valence-corrected chi connectivity index (χ3v) is 4.78. The van der Waals surface area contributed by atoms with E-state index >= 15 is 0 Å². The number of nitrogens with zero attached hydrogens (tertiary/aromatic N) is 1. The zero-order valence-corrected chi connectivity index (χ0v) is 14.9. The van der Waals surface area contributed by atoms with Gasteiger partial charge in [0.05, 0.1) is 26.2 Å². The SMILES string of the molecule is Cc1ccc(Cl)cc1NC(=O)N1CC[NH+](Cc2cccc(F)c2)CC1. The van der Waals surface area contributed by atoms with E-state index in [4.69, 9.17) is 11.6 Å². The predicted molar refractivity (Wildman–Crippen MR) is 97.6 cm³/mol. The molecule has 1 heterocycles. The van der Waals surface area contributed by atoms with Crippen LogP contribution in [-0.4, -0.2) is 37.1 Å². The van der Waals surface area contributed by atoms with Crippen molar-refractivity contribution < 1.29 is 14.1 Å². The topological polar surface area (TPSA) is 36.8 Å². The molecule has 2 aromatic carbocycles. The quantitative estimate of drug-likeness (QED) is 0.865. The average molecular weight is 363 g/mol. The van der Waals surface area contributed by atoms with Gasteiger partial charge in [0.15, 0.2) is 0 Å². The number of carbonyl (C=O) groups excluding carboxylic acids is 1. The normalized spacial score (nSPS) is 15.2. The van der Waals surface area contributed by atoms with Crippen LogP contribution in [0.1, 0.15) is 11.1 Å². The molecule has 0 saturated carbocycles. The fraction of sp³-hybridized carbons (Fsp3) is 0.316. The number of urea groups is 1. The van der Waals surface area contributed by atoms with Crippen molar-refractivity contribution in [3.63, 3.8) is 0 Å². The van der Waals surface area contributed by atoms with Gasteiger partial charge in [-0.25, -0.2) is 9.18 Å². The maximum absolute atomic E-state index is 13.3. The Hall–Kier alpha value is -2.11. The Morgan fingerprint density at radius 1 is 1.24 bits per heavy atom. The molecule has 0 bridgehead atoms. The number of nitrogens with one attached hydrogen (secondary N) is 2. The van der Waals surface area contributed by atoms with Crippen LogP contribution in [0.2, 0.25) is 5.02 Å². The summed E-state index contributed by atoms with van der Waals surface area (Å²) < 4.78 is 13.3. The first kappa shape index (κ1) is 17.7. The zero-order chi connectivity index (χ0) is 17.8. The fourth-order valence-corrected chi connectivity index (χ4v) is 3.23. The van der Waals surface area contributed by atoms with Gasteiger partial charge in [-0.1, -0.05) is 29.8 Å². The maximum atomic E-state index is 13.3. The zero-order valence-electron chi connectivity index (χ0n) is 14.2. The molecular formula is C19H22ClFN3O+. The van der Waals surface area contributed by atoms with Crippen molar-refractivity contribution in [2.75, 3.05) is 31.5 Å². The molecular weight excluding hydrogens is 341 g/mol. The minimum absolute atomic E-state index is 0.102. The van der Waals surface area contributed by atoms with Crippen molar-refractivity contribution in [3.05, 3.63) is 64.4 Å². The molecule has 2 N–H and O–H groups in total. The van der Waals surface area contributed by atoms with Crippen molar-refractivity contribution in [1.82, 2.24) is 4.90 Å². The van der Waals surface area contributed by atoms with Crippen molar-refractivity contribution in [2.24, 2.45) is 0 Å². The van der Waals surface area contributed by atoms with Gasteiger partial charge < -0.3 is 15.1 Å². The first-order valence-corrected chi connectivity index (χ1v) is 8.79. The van der Waals surface area contributed by atoms with Gasteiger partial charge in [0, 0.05) is 16.3 Å². The summed E-state index contributed by atoms with van der Waals surface area (Å²) in [6.45, 7) is 5.76. The van der Waals surface area contributed by atoms with E-state index in [2.05, 4.69) is 5.32 Å². The second-order valence-electron chi connectivity index (χ2n) is 6.43.